The van der Waals surface area contributed by atoms with Crippen molar-refractivity contribution in [3.63, 3.8) is 0 Å². The molecule has 2 aliphatic rings. The molecule has 0 N–H and O–H groups in total. The van der Waals surface area contributed by atoms with Crippen LogP contribution in [0.15, 0.2) is 43.0 Å². The van der Waals surface area contributed by atoms with E-state index < -0.39 is 0 Å². The van der Waals surface area contributed by atoms with Gasteiger partial charge in [-0.3, -0.25) is 0 Å². The summed E-state index contributed by atoms with van der Waals surface area (Å²) in [7, 11) is 0. The highest BCUT2D eigenvalue weighted by molar-refractivity contribution is 5.84. The van der Waals surface area contributed by atoms with Crippen molar-refractivity contribution in [3.05, 3.63) is 59.9 Å². The van der Waals surface area contributed by atoms with Gasteiger partial charge in [-0.2, -0.15) is 0 Å². The van der Waals surface area contributed by atoms with E-state index in [-0.39, 0.29) is 5.82 Å². The number of rotatable bonds is 4. The zero-order chi connectivity index (χ0) is 18.1. The van der Waals surface area contributed by atoms with E-state index >= 15 is 0 Å². The molecule has 0 amide bonds. The first kappa shape index (κ1) is 17.8. The number of allylic oxidation sites excluding steroid dienone is 1. The molecule has 0 heterocycles. The van der Waals surface area contributed by atoms with Gasteiger partial charge in [0.25, 0.3) is 0 Å². The molecule has 0 nitrogen and oxygen atoms in total. The molecule has 0 aliphatic heterocycles. The van der Waals surface area contributed by atoms with Crippen molar-refractivity contribution >= 4 is 10.8 Å². The zero-order valence-electron chi connectivity index (χ0n) is 16.0. The Balaban J connectivity index is 1.56. The second-order valence-corrected chi connectivity index (χ2v) is 8.83. The van der Waals surface area contributed by atoms with E-state index in [0.29, 0.717) is 5.92 Å². The quantitative estimate of drug-likeness (QED) is 0.503. The van der Waals surface area contributed by atoms with Gasteiger partial charge in [0.15, 0.2) is 0 Å². The fraction of sp³-hybridized carbons (Fsp3) is 0.520. The molecule has 2 saturated carbocycles. The van der Waals surface area contributed by atoms with E-state index in [4.69, 9.17) is 0 Å². The number of halogens is 1. The Morgan fingerprint density at radius 2 is 1.85 bits per heavy atom. The Hall–Kier alpha value is -1.63. The second kappa shape index (κ2) is 7.55. The van der Waals surface area contributed by atoms with Crippen LogP contribution in [-0.2, 0) is 6.42 Å². The lowest BCUT2D eigenvalue weighted by atomic mass is 9.64. The summed E-state index contributed by atoms with van der Waals surface area (Å²) in [6.07, 6.45) is 11.8. The van der Waals surface area contributed by atoms with Crippen molar-refractivity contribution in [2.45, 2.75) is 64.2 Å². The van der Waals surface area contributed by atoms with Crippen molar-refractivity contribution in [1.29, 1.82) is 0 Å². The fourth-order valence-electron chi connectivity index (χ4n) is 5.48. The maximum atomic E-state index is 14.7. The first-order valence-electron chi connectivity index (χ1n) is 10.5. The Morgan fingerprint density at radius 1 is 1.04 bits per heavy atom. The Morgan fingerprint density at radius 3 is 2.69 bits per heavy atom. The van der Waals surface area contributed by atoms with Gasteiger partial charge in [-0.05, 0) is 97.3 Å². The minimum absolute atomic E-state index is 0.0661. The fourth-order valence-corrected chi connectivity index (χ4v) is 5.48. The molecule has 0 spiro atoms. The van der Waals surface area contributed by atoms with Crippen molar-refractivity contribution in [2.24, 2.45) is 17.8 Å². The number of aryl methyl sites for hydroxylation is 1. The molecule has 2 aliphatic carbocycles. The molecule has 138 valence electrons. The summed E-state index contributed by atoms with van der Waals surface area (Å²) in [6.45, 7) is 6.18. The van der Waals surface area contributed by atoms with E-state index in [2.05, 4.69) is 37.8 Å². The molecule has 1 heteroatoms. The Bertz CT molecular complexity index is 790. The van der Waals surface area contributed by atoms with Gasteiger partial charge in [0, 0.05) is 5.39 Å². The SMILES string of the molecule is C=CCCc1cc(F)c2cc([C@@H]3CC[C@@H]4CC(C)CCC4C3)ccc2c1. The van der Waals surface area contributed by atoms with Crippen molar-refractivity contribution in [2.75, 3.05) is 0 Å². The van der Waals surface area contributed by atoms with Crippen LogP contribution >= 0.6 is 0 Å². The second-order valence-electron chi connectivity index (χ2n) is 8.83. The maximum absolute atomic E-state index is 14.7. The molecule has 2 aromatic rings. The predicted octanol–water partition coefficient (Wildman–Crippen LogP) is 7.42. The average Bonchev–Trinajstić information content (AvgIpc) is 2.65. The summed E-state index contributed by atoms with van der Waals surface area (Å²) >= 11 is 0. The van der Waals surface area contributed by atoms with Gasteiger partial charge in [0.2, 0.25) is 0 Å². The van der Waals surface area contributed by atoms with Crippen LogP contribution in [0.3, 0.4) is 0 Å². The maximum Gasteiger partial charge on any atom is 0.131 e. The summed E-state index contributed by atoms with van der Waals surface area (Å²) in [5, 5.41) is 1.83. The molecule has 2 unspecified atom stereocenters. The van der Waals surface area contributed by atoms with Gasteiger partial charge in [0.05, 0.1) is 0 Å². The molecule has 0 aromatic heterocycles. The van der Waals surface area contributed by atoms with Gasteiger partial charge in [-0.15, -0.1) is 6.58 Å². The molecular formula is C25H31F. The van der Waals surface area contributed by atoms with E-state index in [1.807, 2.05) is 6.08 Å². The van der Waals surface area contributed by atoms with Crippen LogP contribution in [0, 0.1) is 23.6 Å². The van der Waals surface area contributed by atoms with Crippen molar-refractivity contribution < 1.29 is 4.39 Å². The smallest absolute Gasteiger partial charge is 0.131 e. The van der Waals surface area contributed by atoms with Crippen LogP contribution < -0.4 is 0 Å². The molecule has 0 bridgehead atoms. The van der Waals surface area contributed by atoms with Crippen LogP contribution in [0.25, 0.3) is 10.8 Å². The lowest BCUT2D eigenvalue weighted by molar-refractivity contribution is 0.124. The summed E-state index contributed by atoms with van der Waals surface area (Å²) in [4.78, 5) is 0. The first-order chi connectivity index (χ1) is 12.6. The standard InChI is InChI=1S/C25H31F/c1-3-4-5-18-13-23-11-10-22(16-24(23)25(26)14-18)21-9-8-19-12-17(2)6-7-20(19)15-21/h3,10-11,13-14,16-17,19-21H,1,4-9,12,15H2,2H3/t17?,19-,20?,21-/m1/s1. The highest BCUT2D eigenvalue weighted by atomic mass is 19.1. The zero-order valence-corrected chi connectivity index (χ0v) is 16.0. The Kier molecular flexibility index (Phi) is 5.16. The van der Waals surface area contributed by atoms with E-state index in [0.717, 1.165) is 46.9 Å². The monoisotopic (exact) mass is 350 g/mol. The van der Waals surface area contributed by atoms with Crippen LogP contribution in [0.4, 0.5) is 4.39 Å². The number of fused-ring (bicyclic) bond motifs is 2. The molecule has 2 fully saturated rings. The summed E-state index contributed by atoms with van der Waals surface area (Å²) in [5.74, 6) is 3.31. The van der Waals surface area contributed by atoms with E-state index in [1.165, 1.54) is 44.1 Å². The summed E-state index contributed by atoms with van der Waals surface area (Å²) in [5.41, 5.74) is 2.42. The van der Waals surface area contributed by atoms with Gasteiger partial charge in [0.1, 0.15) is 5.82 Å². The highest BCUT2D eigenvalue weighted by Gasteiger charge is 2.34. The van der Waals surface area contributed by atoms with Crippen molar-refractivity contribution in [1.82, 2.24) is 0 Å². The highest BCUT2D eigenvalue weighted by Crippen LogP contribution is 2.47. The topological polar surface area (TPSA) is 0 Å². The van der Waals surface area contributed by atoms with Crippen LogP contribution in [0.1, 0.15) is 68.9 Å². The largest absolute Gasteiger partial charge is 0.206 e. The van der Waals surface area contributed by atoms with Crippen LogP contribution in [-0.4, -0.2) is 0 Å². The third-order valence-electron chi connectivity index (χ3n) is 6.97. The third kappa shape index (κ3) is 3.59. The minimum Gasteiger partial charge on any atom is -0.206 e. The number of benzene rings is 2. The molecule has 26 heavy (non-hydrogen) atoms. The lowest BCUT2D eigenvalue weighted by Gasteiger charge is -2.41. The number of hydrogen-bond acceptors (Lipinski definition) is 0. The molecule has 2 aromatic carbocycles. The molecular weight excluding hydrogens is 319 g/mol. The van der Waals surface area contributed by atoms with E-state index in [9.17, 15) is 4.39 Å². The summed E-state index contributed by atoms with van der Waals surface area (Å²) in [6, 6.07) is 10.4. The third-order valence-corrected chi connectivity index (χ3v) is 6.97. The predicted molar refractivity (Wildman–Crippen MR) is 109 cm³/mol. The Labute approximate surface area is 157 Å². The lowest BCUT2D eigenvalue weighted by Crippen LogP contribution is -2.29. The van der Waals surface area contributed by atoms with Crippen LogP contribution in [0.2, 0.25) is 0 Å². The van der Waals surface area contributed by atoms with Gasteiger partial charge in [-0.1, -0.05) is 37.6 Å². The van der Waals surface area contributed by atoms with E-state index in [1.54, 1.807) is 6.07 Å². The molecule has 4 atom stereocenters. The van der Waals surface area contributed by atoms with Crippen molar-refractivity contribution in [3.8, 4) is 0 Å². The molecule has 0 saturated heterocycles. The number of hydrogen-bond donors (Lipinski definition) is 0. The first-order valence-corrected chi connectivity index (χ1v) is 10.5. The molecule has 0 radical (unpaired) electrons. The normalized spacial score (nSPS) is 28.7. The van der Waals surface area contributed by atoms with Gasteiger partial charge >= 0.3 is 0 Å². The van der Waals surface area contributed by atoms with Crippen LogP contribution in [0.5, 0.6) is 0 Å². The average molecular weight is 351 g/mol. The van der Waals surface area contributed by atoms with Gasteiger partial charge in [-0.25, -0.2) is 4.39 Å². The molecule has 4 rings (SSSR count). The summed E-state index contributed by atoms with van der Waals surface area (Å²) < 4.78 is 14.7. The van der Waals surface area contributed by atoms with Gasteiger partial charge < -0.3 is 0 Å². The minimum atomic E-state index is -0.0661.